The van der Waals surface area contributed by atoms with Gasteiger partial charge in [0.05, 0.1) is 16.9 Å². The Hall–Kier alpha value is -3.37. The van der Waals surface area contributed by atoms with Crippen LogP contribution in [0.1, 0.15) is 12.8 Å². The van der Waals surface area contributed by atoms with Gasteiger partial charge in [-0.25, -0.2) is 13.2 Å². The van der Waals surface area contributed by atoms with Crippen LogP contribution >= 0.6 is 11.3 Å². The van der Waals surface area contributed by atoms with Crippen LogP contribution in [0.5, 0.6) is 0 Å². The zero-order chi connectivity index (χ0) is 21.8. The molecule has 1 amide bonds. The highest BCUT2D eigenvalue weighted by Gasteiger charge is 2.17. The lowest BCUT2D eigenvalue weighted by atomic mass is 10.2. The number of nitrogens with one attached hydrogen (secondary N) is 2. The number of anilines is 2. The van der Waals surface area contributed by atoms with Crippen LogP contribution in [0.3, 0.4) is 0 Å². The van der Waals surface area contributed by atoms with Gasteiger partial charge >= 0.3 is 5.76 Å². The summed E-state index contributed by atoms with van der Waals surface area (Å²) >= 11 is 1.11. The molecule has 0 radical (unpaired) electrons. The first kappa shape index (κ1) is 20.9. The maximum Gasteiger partial charge on any atom is 0.419 e. The highest BCUT2D eigenvalue weighted by molar-refractivity contribution is 7.94. The van der Waals surface area contributed by atoms with Crippen LogP contribution in [0.4, 0.5) is 11.4 Å². The number of aromatic nitrogens is 1. The Morgan fingerprint density at radius 2 is 1.74 bits per heavy atom. The molecule has 2 heterocycles. The predicted octanol–water partition coefficient (Wildman–Crippen LogP) is 3.88. The summed E-state index contributed by atoms with van der Waals surface area (Å²) < 4.78 is 34.4. The first-order valence-corrected chi connectivity index (χ1v) is 11.8. The number of rotatable bonds is 8. The smallest absolute Gasteiger partial charge is 0.408 e. The fraction of sp³-hybridized carbons (Fsp3) is 0.143. The number of aryl methyl sites for hydroxylation is 1. The largest absolute Gasteiger partial charge is 0.419 e. The molecule has 0 aliphatic heterocycles. The first-order valence-electron chi connectivity index (χ1n) is 9.47. The third-order valence-electron chi connectivity index (χ3n) is 4.56. The molecular weight excluding hydrogens is 438 g/mol. The van der Waals surface area contributed by atoms with E-state index in [-0.39, 0.29) is 22.2 Å². The fourth-order valence-electron chi connectivity index (χ4n) is 3.13. The summed E-state index contributed by atoms with van der Waals surface area (Å²) in [5, 5.41) is 4.41. The van der Waals surface area contributed by atoms with Gasteiger partial charge in [0.1, 0.15) is 4.21 Å². The maximum absolute atomic E-state index is 12.5. The molecule has 0 saturated carbocycles. The van der Waals surface area contributed by atoms with Crippen LogP contribution < -0.4 is 15.8 Å². The Bertz CT molecular complexity index is 1370. The third-order valence-corrected chi connectivity index (χ3v) is 7.33. The van der Waals surface area contributed by atoms with E-state index in [4.69, 9.17) is 4.42 Å². The lowest BCUT2D eigenvalue weighted by Crippen LogP contribution is -2.18. The second-order valence-electron chi connectivity index (χ2n) is 6.72. The van der Waals surface area contributed by atoms with Crippen molar-refractivity contribution < 1.29 is 17.6 Å². The summed E-state index contributed by atoms with van der Waals surface area (Å²) in [5.41, 5.74) is 1.82. The Kier molecular flexibility index (Phi) is 5.92. The average Bonchev–Trinajstić information content (AvgIpc) is 3.38. The van der Waals surface area contributed by atoms with Gasteiger partial charge in [-0.3, -0.25) is 14.1 Å². The van der Waals surface area contributed by atoms with Gasteiger partial charge in [-0.05, 0) is 42.1 Å². The van der Waals surface area contributed by atoms with E-state index in [2.05, 4.69) is 10.0 Å². The van der Waals surface area contributed by atoms with Crippen LogP contribution in [0.25, 0.3) is 11.1 Å². The van der Waals surface area contributed by atoms with E-state index in [0.717, 1.165) is 11.3 Å². The van der Waals surface area contributed by atoms with Gasteiger partial charge in [0.15, 0.2) is 5.58 Å². The lowest BCUT2D eigenvalue weighted by molar-refractivity contribution is -0.116. The summed E-state index contributed by atoms with van der Waals surface area (Å²) in [6.45, 7) is 0.329. The predicted molar refractivity (Wildman–Crippen MR) is 120 cm³/mol. The minimum absolute atomic E-state index is 0.151. The number of nitrogens with zero attached hydrogens (tertiary/aromatic N) is 1. The van der Waals surface area contributed by atoms with Crippen molar-refractivity contribution in [2.24, 2.45) is 0 Å². The van der Waals surface area contributed by atoms with E-state index in [1.165, 1.54) is 10.6 Å². The Morgan fingerprint density at radius 3 is 2.52 bits per heavy atom. The van der Waals surface area contributed by atoms with Crippen molar-refractivity contribution in [2.75, 3.05) is 10.0 Å². The van der Waals surface area contributed by atoms with Gasteiger partial charge < -0.3 is 9.73 Å². The van der Waals surface area contributed by atoms with Gasteiger partial charge in [-0.1, -0.05) is 30.3 Å². The highest BCUT2D eigenvalue weighted by atomic mass is 32.2. The number of carbonyl (C=O) groups excluding carboxylic acids is 1. The number of oxazole rings is 1. The first-order chi connectivity index (χ1) is 14.9. The number of para-hydroxylation sites is 4. The fourth-order valence-corrected chi connectivity index (χ4v) is 5.20. The van der Waals surface area contributed by atoms with Crippen molar-refractivity contribution in [3.05, 3.63) is 76.6 Å². The number of fused-ring (bicyclic) bond motifs is 1. The summed E-state index contributed by atoms with van der Waals surface area (Å²) in [6.07, 6.45) is 0.566. The Labute approximate surface area is 182 Å². The van der Waals surface area contributed by atoms with E-state index in [1.54, 1.807) is 53.9 Å². The van der Waals surface area contributed by atoms with Gasteiger partial charge in [-0.2, -0.15) is 0 Å². The standard InChI is InChI=1S/C21H19N3O5S2/c25-19(11-5-13-24-17-9-3-4-10-18(17)29-21(24)26)22-15-7-1-2-8-16(15)23-31(27,28)20-12-6-14-30-20/h1-4,6-10,12,14,23H,5,11,13H2,(H,22,25). The number of hydrogen-bond donors (Lipinski definition) is 2. The van der Waals surface area contributed by atoms with E-state index >= 15 is 0 Å². The average molecular weight is 458 g/mol. The molecular formula is C21H19N3O5S2. The van der Waals surface area contributed by atoms with E-state index in [1.807, 2.05) is 6.07 Å². The molecule has 160 valence electrons. The maximum atomic E-state index is 12.5. The van der Waals surface area contributed by atoms with E-state index < -0.39 is 15.8 Å². The zero-order valence-corrected chi connectivity index (χ0v) is 17.9. The number of carbonyl (C=O) groups is 1. The second kappa shape index (κ2) is 8.78. The van der Waals surface area contributed by atoms with Crippen LogP contribution in [-0.2, 0) is 21.4 Å². The van der Waals surface area contributed by atoms with Crippen LogP contribution in [0.2, 0.25) is 0 Å². The number of amides is 1. The third kappa shape index (κ3) is 4.70. The van der Waals surface area contributed by atoms with Crippen molar-refractivity contribution in [1.29, 1.82) is 0 Å². The SMILES string of the molecule is O=C(CCCn1c(=O)oc2ccccc21)Nc1ccccc1NS(=O)(=O)c1cccs1. The highest BCUT2D eigenvalue weighted by Crippen LogP contribution is 2.26. The van der Waals surface area contributed by atoms with Crippen LogP contribution in [-0.4, -0.2) is 18.9 Å². The molecule has 0 saturated heterocycles. The molecule has 0 spiro atoms. The Morgan fingerprint density at radius 1 is 1.00 bits per heavy atom. The minimum Gasteiger partial charge on any atom is -0.408 e. The van der Waals surface area contributed by atoms with Gasteiger partial charge in [0.2, 0.25) is 5.91 Å². The molecule has 0 fully saturated rings. The molecule has 0 bridgehead atoms. The van der Waals surface area contributed by atoms with Gasteiger partial charge in [-0.15, -0.1) is 11.3 Å². The van der Waals surface area contributed by atoms with Crippen molar-refractivity contribution in [1.82, 2.24) is 4.57 Å². The van der Waals surface area contributed by atoms with Crippen molar-refractivity contribution in [3.63, 3.8) is 0 Å². The van der Waals surface area contributed by atoms with Crippen molar-refractivity contribution >= 4 is 49.7 Å². The van der Waals surface area contributed by atoms with Crippen LogP contribution in [0, 0.1) is 0 Å². The van der Waals surface area contributed by atoms with E-state index in [0.29, 0.717) is 29.8 Å². The lowest BCUT2D eigenvalue weighted by Gasteiger charge is -2.13. The number of benzene rings is 2. The van der Waals surface area contributed by atoms with Crippen molar-refractivity contribution in [2.45, 2.75) is 23.6 Å². The molecule has 10 heteroatoms. The quantitative estimate of drug-likeness (QED) is 0.417. The molecule has 8 nitrogen and oxygen atoms in total. The van der Waals surface area contributed by atoms with Gasteiger partial charge in [0, 0.05) is 13.0 Å². The molecule has 2 aromatic heterocycles. The molecule has 0 atom stereocenters. The number of thiophene rings is 1. The molecule has 0 unspecified atom stereocenters. The monoisotopic (exact) mass is 457 g/mol. The van der Waals surface area contributed by atoms with Crippen molar-refractivity contribution in [3.8, 4) is 0 Å². The summed E-state index contributed by atoms with van der Waals surface area (Å²) in [4.78, 5) is 24.5. The topological polar surface area (TPSA) is 110 Å². The molecule has 0 aliphatic rings. The molecule has 31 heavy (non-hydrogen) atoms. The second-order valence-corrected chi connectivity index (χ2v) is 9.58. The molecule has 2 aromatic carbocycles. The summed E-state index contributed by atoms with van der Waals surface area (Å²) in [7, 11) is -3.73. The summed E-state index contributed by atoms with van der Waals surface area (Å²) in [6, 6.07) is 16.9. The van der Waals surface area contributed by atoms with Gasteiger partial charge in [0.25, 0.3) is 10.0 Å². The van der Waals surface area contributed by atoms with E-state index in [9.17, 15) is 18.0 Å². The zero-order valence-electron chi connectivity index (χ0n) is 16.3. The molecule has 0 aliphatic carbocycles. The normalized spacial score (nSPS) is 11.5. The Balaban J connectivity index is 1.40. The minimum atomic E-state index is -3.73. The molecule has 4 aromatic rings. The molecule has 4 rings (SSSR count). The molecule has 2 N–H and O–H groups in total. The number of hydrogen-bond acceptors (Lipinski definition) is 6. The number of sulfonamides is 1. The van der Waals surface area contributed by atoms with Crippen LogP contribution in [0.15, 0.2) is 79.5 Å². The summed E-state index contributed by atoms with van der Waals surface area (Å²) in [5.74, 6) is -0.751.